The summed E-state index contributed by atoms with van der Waals surface area (Å²) < 4.78 is 13.6. The molecule has 0 radical (unpaired) electrons. The van der Waals surface area contributed by atoms with Gasteiger partial charge in [-0.1, -0.05) is 41.4 Å². The van der Waals surface area contributed by atoms with Crippen LogP contribution in [-0.4, -0.2) is 36.2 Å². The predicted molar refractivity (Wildman–Crippen MR) is 123 cm³/mol. The number of fused-ring (bicyclic) bond motifs is 1. The number of nitrogens with zero attached hydrogens (tertiary/aromatic N) is 2. The summed E-state index contributed by atoms with van der Waals surface area (Å²) in [6.45, 7) is 6.21. The van der Waals surface area contributed by atoms with Crippen molar-refractivity contribution in [3.63, 3.8) is 0 Å². The van der Waals surface area contributed by atoms with Gasteiger partial charge in [0.15, 0.2) is 11.5 Å². The fourth-order valence-corrected chi connectivity index (χ4v) is 5.25. The van der Waals surface area contributed by atoms with Crippen LogP contribution in [0.1, 0.15) is 30.4 Å². The first-order chi connectivity index (χ1) is 14.6. The van der Waals surface area contributed by atoms with Gasteiger partial charge < -0.3 is 9.47 Å². The van der Waals surface area contributed by atoms with E-state index in [-0.39, 0.29) is 5.56 Å². The highest BCUT2D eigenvalue weighted by Gasteiger charge is 2.20. The van der Waals surface area contributed by atoms with Gasteiger partial charge in [-0.15, -0.1) is 0 Å². The first kappa shape index (κ1) is 20.9. The number of hydrogen-bond donors (Lipinski definition) is 0. The Hall–Kier alpha value is -2.31. The minimum absolute atomic E-state index is 0.0766. The van der Waals surface area contributed by atoms with Gasteiger partial charge >= 0.3 is 0 Å². The molecule has 160 valence electrons. The minimum Gasteiger partial charge on any atom is -0.493 e. The number of hydrogen-bond acceptors (Lipinski definition) is 5. The van der Waals surface area contributed by atoms with E-state index >= 15 is 0 Å². The van der Waals surface area contributed by atoms with Crippen LogP contribution in [0.25, 0.3) is 10.1 Å². The Labute approximate surface area is 182 Å². The third-order valence-corrected chi connectivity index (χ3v) is 7.23. The lowest BCUT2D eigenvalue weighted by Gasteiger charge is -2.32. The second kappa shape index (κ2) is 9.23. The molecule has 2 aromatic carbocycles. The van der Waals surface area contributed by atoms with Crippen molar-refractivity contribution >= 4 is 21.6 Å². The zero-order chi connectivity index (χ0) is 21.1. The molecule has 0 atom stereocenters. The predicted octanol–water partition coefficient (Wildman–Crippen LogP) is 4.69. The van der Waals surface area contributed by atoms with Gasteiger partial charge in [-0.3, -0.25) is 13.7 Å². The summed E-state index contributed by atoms with van der Waals surface area (Å²) in [4.78, 5) is 15.4. The van der Waals surface area contributed by atoms with Gasteiger partial charge in [0.2, 0.25) is 0 Å². The molecule has 0 spiro atoms. The number of aromatic nitrogens is 1. The van der Waals surface area contributed by atoms with Crippen molar-refractivity contribution in [1.82, 2.24) is 8.86 Å². The van der Waals surface area contributed by atoms with Crippen LogP contribution < -0.4 is 15.0 Å². The van der Waals surface area contributed by atoms with E-state index in [4.69, 9.17) is 9.47 Å². The Kier molecular flexibility index (Phi) is 6.44. The van der Waals surface area contributed by atoms with Gasteiger partial charge in [0, 0.05) is 19.2 Å². The second-order valence-electron chi connectivity index (χ2n) is 8.20. The second-order valence-corrected chi connectivity index (χ2v) is 9.26. The average molecular weight is 427 g/mol. The summed E-state index contributed by atoms with van der Waals surface area (Å²) in [5, 5.41) is 0.713. The van der Waals surface area contributed by atoms with E-state index in [9.17, 15) is 4.79 Å². The van der Waals surface area contributed by atoms with Crippen LogP contribution in [0.4, 0.5) is 0 Å². The number of ether oxygens (including phenoxy) is 2. The molecule has 30 heavy (non-hydrogen) atoms. The Balaban J connectivity index is 1.34. The Bertz CT molecular complexity index is 1050. The lowest BCUT2D eigenvalue weighted by Crippen LogP contribution is -2.33. The zero-order valence-corrected chi connectivity index (χ0v) is 18.8. The minimum atomic E-state index is 0.0766. The van der Waals surface area contributed by atoms with Crippen molar-refractivity contribution in [1.29, 1.82) is 0 Å². The molecular formula is C24H30N2O3S. The molecule has 1 aliphatic heterocycles. The van der Waals surface area contributed by atoms with Crippen LogP contribution in [0.15, 0.2) is 41.2 Å². The molecule has 4 rings (SSSR count). The summed E-state index contributed by atoms with van der Waals surface area (Å²) >= 11 is 1.52. The molecule has 1 aliphatic rings. The molecule has 0 aliphatic carbocycles. The first-order valence-electron chi connectivity index (χ1n) is 10.6. The largest absolute Gasteiger partial charge is 0.493 e. The van der Waals surface area contributed by atoms with Gasteiger partial charge in [0.25, 0.3) is 5.56 Å². The summed E-state index contributed by atoms with van der Waals surface area (Å²) in [6.07, 6.45) is 3.46. The number of likely N-dealkylation sites (tertiary alicyclic amines) is 1. The van der Waals surface area contributed by atoms with Crippen LogP contribution >= 0.6 is 11.5 Å². The fraction of sp³-hybridized carbons (Fsp3) is 0.458. The van der Waals surface area contributed by atoms with Gasteiger partial charge in [-0.25, -0.2) is 0 Å². The van der Waals surface area contributed by atoms with Crippen molar-refractivity contribution in [2.45, 2.75) is 39.3 Å². The molecule has 0 bridgehead atoms. The lowest BCUT2D eigenvalue weighted by molar-refractivity contribution is 0.170. The summed E-state index contributed by atoms with van der Waals surface area (Å²) in [7, 11) is 3.22. The fourth-order valence-electron chi connectivity index (χ4n) is 4.23. The Morgan fingerprint density at radius 1 is 1.03 bits per heavy atom. The maximum absolute atomic E-state index is 12.8. The molecule has 3 aromatic rings. The first-order valence-corrected chi connectivity index (χ1v) is 11.4. The Morgan fingerprint density at radius 3 is 2.37 bits per heavy atom. The van der Waals surface area contributed by atoms with Gasteiger partial charge in [-0.2, -0.15) is 0 Å². The number of methoxy groups -OCH3 is 2. The standard InChI is InChI=1S/C24H30N2O3S/c1-17-4-6-19(7-5-17)16-25-11-8-18(9-12-25)10-13-26-24(27)20-14-21(28-2)22(29-3)15-23(20)30-26/h4-7,14-15,18H,8-13,16H2,1-3H3. The molecule has 1 saturated heterocycles. The van der Waals surface area contributed by atoms with Crippen LogP contribution in [0.3, 0.4) is 0 Å². The molecule has 1 aromatic heterocycles. The normalized spacial score (nSPS) is 15.6. The van der Waals surface area contributed by atoms with E-state index in [1.54, 1.807) is 20.3 Å². The highest BCUT2D eigenvalue weighted by molar-refractivity contribution is 7.13. The van der Waals surface area contributed by atoms with E-state index in [0.717, 1.165) is 37.3 Å². The SMILES string of the molecule is COc1cc2sn(CCC3CCN(Cc4ccc(C)cc4)CC3)c(=O)c2cc1OC. The molecule has 1 fully saturated rings. The summed E-state index contributed by atoms with van der Waals surface area (Å²) in [5.74, 6) is 1.95. The topological polar surface area (TPSA) is 43.7 Å². The van der Waals surface area contributed by atoms with E-state index < -0.39 is 0 Å². The maximum atomic E-state index is 12.8. The summed E-state index contributed by atoms with van der Waals surface area (Å²) in [5.41, 5.74) is 2.78. The van der Waals surface area contributed by atoms with Crippen molar-refractivity contribution in [2.75, 3.05) is 27.3 Å². The molecule has 0 N–H and O–H groups in total. The van der Waals surface area contributed by atoms with Crippen LogP contribution in [0, 0.1) is 12.8 Å². The lowest BCUT2D eigenvalue weighted by atomic mass is 9.93. The third-order valence-electron chi connectivity index (χ3n) is 6.13. The van der Waals surface area contributed by atoms with Crippen LogP contribution in [-0.2, 0) is 13.1 Å². The number of aryl methyl sites for hydroxylation is 2. The van der Waals surface area contributed by atoms with Gasteiger partial charge in [-0.05, 0) is 56.8 Å². The van der Waals surface area contributed by atoms with Crippen LogP contribution in [0.2, 0.25) is 0 Å². The highest BCUT2D eigenvalue weighted by Crippen LogP contribution is 2.33. The molecule has 0 saturated carbocycles. The van der Waals surface area contributed by atoms with E-state index in [0.29, 0.717) is 22.8 Å². The molecule has 5 nitrogen and oxygen atoms in total. The highest BCUT2D eigenvalue weighted by atomic mass is 32.1. The monoisotopic (exact) mass is 426 g/mol. The van der Waals surface area contributed by atoms with E-state index in [1.807, 2.05) is 10.0 Å². The van der Waals surface area contributed by atoms with Gasteiger partial charge in [0.1, 0.15) is 0 Å². The smallest absolute Gasteiger partial charge is 0.268 e. The van der Waals surface area contributed by atoms with Crippen molar-refractivity contribution in [3.8, 4) is 11.5 Å². The molecular weight excluding hydrogens is 396 g/mol. The zero-order valence-electron chi connectivity index (χ0n) is 18.0. The number of benzene rings is 2. The molecule has 0 amide bonds. The maximum Gasteiger partial charge on any atom is 0.268 e. The number of piperidine rings is 1. The number of rotatable bonds is 7. The van der Waals surface area contributed by atoms with Crippen molar-refractivity contribution in [2.24, 2.45) is 5.92 Å². The van der Waals surface area contributed by atoms with Crippen molar-refractivity contribution < 1.29 is 9.47 Å². The summed E-state index contributed by atoms with van der Waals surface area (Å²) in [6, 6.07) is 12.6. The quantitative estimate of drug-likeness (QED) is 0.550. The Morgan fingerprint density at radius 2 is 1.70 bits per heavy atom. The van der Waals surface area contributed by atoms with Gasteiger partial charge in [0.05, 0.1) is 24.3 Å². The third kappa shape index (κ3) is 4.55. The average Bonchev–Trinajstić information content (AvgIpc) is 3.08. The molecule has 6 heteroatoms. The molecule has 2 heterocycles. The molecule has 0 unspecified atom stereocenters. The van der Waals surface area contributed by atoms with Crippen LogP contribution in [0.5, 0.6) is 11.5 Å². The van der Waals surface area contributed by atoms with E-state index in [1.165, 1.54) is 35.5 Å². The van der Waals surface area contributed by atoms with E-state index in [2.05, 4.69) is 36.1 Å². The van der Waals surface area contributed by atoms with Crippen molar-refractivity contribution in [3.05, 3.63) is 57.9 Å².